The minimum atomic E-state index is -1.14. The maximum Gasteiger partial charge on any atom is 0.404 e. The Bertz CT molecular complexity index is 617. The van der Waals surface area contributed by atoms with Crippen molar-refractivity contribution in [2.45, 2.75) is 64.9 Å². The van der Waals surface area contributed by atoms with Crippen molar-refractivity contribution in [1.82, 2.24) is 5.32 Å². The number of nitrogens with one attached hydrogen (secondary N) is 1. The van der Waals surface area contributed by atoms with Gasteiger partial charge in [0.15, 0.2) is 6.29 Å². The zero-order valence-electron chi connectivity index (χ0n) is 16.3. The van der Waals surface area contributed by atoms with Crippen LogP contribution in [0.5, 0.6) is 0 Å². The number of benzene rings is 1. The molecule has 0 unspecified atom stereocenters. The fourth-order valence-corrected chi connectivity index (χ4v) is 3.20. The molecular formula is C20H31NO5. The van der Waals surface area contributed by atoms with Crippen molar-refractivity contribution in [3.8, 4) is 0 Å². The zero-order chi connectivity index (χ0) is 19.5. The Kier molecular flexibility index (Phi) is 6.66. The van der Waals surface area contributed by atoms with Gasteiger partial charge in [0.25, 0.3) is 0 Å². The van der Waals surface area contributed by atoms with Crippen LogP contribution >= 0.6 is 0 Å². The lowest BCUT2D eigenvalue weighted by Gasteiger charge is -2.29. The molecule has 146 valence electrons. The highest BCUT2D eigenvalue weighted by Gasteiger charge is 2.31. The number of aliphatic hydroxyl groups excluding tert-OH is 1. The topological polar surface area (TPSA) is 88.0 Å². The van der Waals surface area contributed by atoms with Gasteiger partial charge in [-0.15, -0.1) is 0 Å². The van der Waals surface area contributed by atoms with Gasteiger partial charge in [-0.2, -0.15) is 0 Å². The maximum absolute atomic E-state index is 11.2. The highest BCUT2D eigenvalue weighted by Crippen LogP contribution is 2.35. The fourth-order valence-electron chi connectivity index (χ4n) is 3.20. The van der Waals surface area contributed by atoms with E-state index in [0.717, 1.165) is 11.1 Å². The molecule has 0 saturated carbocycles. The normalized spacial score (nSPS) is 18.1. The van der Waals surface area contributed by atoms with Crippen molar-refractivity contribution < 1.29 is 24.5 Å². The van der Waals surface area contributed by atoms with Gasteiger partial charge >= 0.3 is 6.09 Å². The van der Waals surface area contributed by atoms with Crippen molar-refractivity contribution in [3.63, 3.8) is 0 Å². The van der Waals surface area contributed by atoms with Gasteiger partial charge in [-0.05, 0) is 34.9 Å². The lowest BCUT2D eigenvalue weighted by Crippen LogP contribution is -2.39. The number of rotatable bonds is 6. The lowest BCUT2D eigenvalue weighted by molar-refractivity contribution is -0.0465. The van der Waals surface area contributed by atoms with E-state index >= 15 is 0 Å². The predicted octanol–water partition coefficient (Wildman–Crippen LogP) is 3.75. The van der Waals surface area contributed by atoms with Gasteiger partial charge in [0.1, 0.15) is 0 Å². The van der Waals surface area contributed by atoms with Crippen LogP contribution in [0.4, 0.5) is 4.79 Å². The molecule has 1 heterocycles. The van der Waals surface area contributed by atoms with Gasteiger partial charge in [0, 0.05) is 5.56 Å². The molecule has 2 rings (SSSR count). The van der Waals surface area contributed by atoms with Crippen LogP contribution in [0, 0.1) is 5.92 Å². The molecule has 3 N–H and O–H groups in total. The fraction of sp³-hybridized carbons (Fsp3) is 0.650. The Morgan fingerprint density at radius 2 is 1.88 bits per heavy atom. The summed E-state index contributed by atoms with van der Waals surface area (Å²) in [6.07, 6.45) is -2.13. The minimum Gasteiger partial charge on any atom is -0.465 e. The Morgan fingerprint density at radius 3 is 2.38 bits per heavy atom. The summed E-state index contributed by atoms with van der Waals surface area (Å²) in [7, 11) is 0. The molecule has 1 aliphatic rings. The first-order chi connectivity index (χ1) is 12.1. The van der Waals surface area contributed by atoms with Gasteiger partial charge < -0.3 is 25.0 Å². The summed E-state index contributed by atoms with van der Waals surface area (Å²) in [4.78, 5) is 11.2. The van der Waals surface area contributed by atoms with Gasteiger partial charge in [-0.1, -0.05) is 46.8 Å². The van der Waals surface area contributed by atoms with Crippen molar-refractivity contribution in [3.05, 3.63) is 34.9 Å². The summed E-state index contributed by atoms with van der Waals surface area (Å²) in [5.74, 6) is 0.234. The molecule has 0 radical (unpaired) electrons. The van der Waals surface area contributed by atoms with Crippen LogP contribution in [0.2, 0.25) is 0 Å². The first-order valence-electron chi connectivity index (χ1n) is 9.14. The van der Waals surface area contributed by atoms with E-state index in [9.17, 15) is 9.90 Å². The molecule has 1 aromatic rings. The van der Waals surface area contributed by atoms with E-state index in [1.54, 1.807) is 0 Å². The second kappa shape index (κ2) is 8.37. The number of carbonyl (C=O) groups is 1. The van der Waals surface area contributed by atoms with E-state index in [1.807, 2.05) is 32.0 Å². The SMILES string of the molecule is CC(C)C[C@@H](NC(=O)O)[C@H](O)c1ccc(C(C)(C)C)cc1C1OCCO1. The van der Waals surface area contributed by atoms with Crippen molar-refractivity contribution in [2.24, 2.45) is 5.92 Å². The molecule has 0 aromatic heterocycles. The molecule has 2 atom stereocenters. The van der Waals surface area contributed by atoms with Gasteiger partial charge in [-0.3, -0.25) is 0 Å². The van der Waals surface area contributed by atoms with Gasteiger partial charge in [-0.25, -0.2) is 4.79 Å². The Labute approximate surface area is 155 Å². The van der Waals surface area contributed by atoms with E-state index < -0.39 is 24.5 Å². The van der Waals surface area contributed by atoms with E-state index in [-0.39, 0.29) is 11.3 Å². The summed E-state index contributed by atoms with van der Waals surface area (Å²) in [5, 5.41) is 22.6. The number of hydrogen-bond donors (Lipinski definition) is 3. The third-order valence-electron chi connectivity index (χ3n) is 4.56. The third-order valence-corrected chi connectivity index (χ3v) is 4.56. The predicted molar refractivity (Wildman–Crippen MR) is 99.2 cm³/mol. The monoisotopic (exact) mass is 365 g/mol. The number of amides is 1. The maximum atomic E-state index is 11.2. The molecule has 1 fully saturated rings. The molecule has 6 heteroatoms. The molecule has 6 nitrogen and oxygen atoms in total. The molecule has 1 saturated heterocycles. The first-order valence-corrected chi connectivity index (χ1v) is 9.14. The minimum absolute atomic E-state index is 0.0620. The number of hydrogen-bond acceptors (Lipinski definition) is 4. The van der Waals surface area contributed by atoms with Crippen LogP contribution < -0.4 is 5.32 Å². The summed E-state index contributed by atoms with van der Waals surface area (Å²) >= 11 is 0. The van der Waals surface area contributed by atoms with Crippen molar-refractivity contribution in [2.75, 3.05) is 13.2 Å². The highest BCUT2D eigenvalue weighted by molar-refractivity contribution is 5.65. The van der Waals surface area contributed by atoms with Crippen LogP contribution in [0.25, 0.3) is 0 Å². The second-order valence-electron chi connectivity index (χ2n) is 8.30. The van der Waals surface area contributed by atoms with Crippen LogP contribution in [0.1, 0.15) is 70.1 Å². The van der Waals surface area contributed by atoms with Crippen molar-refractivity contribution >= 4 is 6.09 Å². The van der Waals surface area contributed by atoms with E-state index in [4.69, 9.17) is 14.6 Å². The summed E-state index contributed by atoms with van der Waals surface area (Å²) in [6.45, 7) is 11.3. The van der Waals surface area contributed by atoms with Crippen LogP contribution in [0.15, 0.2) is 18.2 Å². The molecule has 0 spiro atoms. The van der Waals surface area contributed by atoms with Gasteiger partial charge in [0.05, 0.1) is 25.4 Å². The van der Waals surface area contributed by atoms with Crippen LogP contribution in [-0.4, -0.2) is 35.6 Å². The second-order valence-corrected chi connectivity index (χ2v) is 8.30. The molecule has 1 amide bonds. The molecule has 0 aliphatic carbocycles. The number of ether oxygens (including phenoxy) is 2. The largest absolute Gasteiger partial charge is 0.465 e. The van der Waals surface area contributed by atoms with Crippen LogP contribution in [0.3, 0.4) is 0 Å². The van der Waals surface area contributed by atoms with E-state index in [1.165, 1.54) is 0 Å². The molecule has 1 aromatic carbocycles. The standard InChI is InChI=1S/C20H31NO5/c1-12(2)10-16(21-19(23)24)17(22)14-7-6-13(20(3,4)5)11-15(14)18-25-8-9-26-18/h6-7,11-12,16-18,21-22H,8-10H2,1-5H3,(H,23,24)/t16-,17-/m1/s1. The Hall–Kier alpha value is -1.63. The first kappa shape index (κ1) is 20.7. The molecule has 26 heavy (non-hydrogen) atoms. The van der Waals surface area contributed by atoms with Crippen molar-refractivity contribution in [1.29, 1.82) is 0 Å². The lowest BCUT2D eigenvalue weighted by atomic mass is 9.83. The van der Waals surface area contributed by atoms with Gasteiger partial charge in [0.2, 0.25) is 0 Å². The van der Waals surface area contributed by atoms with E-state index in [0.29, 0.717) is 25.2 Å². The smallest absolute Gasteiger partial charge is 0.404 e. The number of aliphatic hydroxyl groups is 1. The number of carboxylic acid groups (broad SMARTS) is 1. The van der Waals surface area contributed by atoms with Crippen LogP contribution in [-0.2, 0) is 14.9 Å². The Balaban J connectivity index is 2.42. The van der Waals surface area contributed by atoms with E-state index in [2.05, 4.69) is 26.1 Å². The third kappa shape index (κ3) is 5.19. The Morgan fingerprint density at radius 1 is 1.27 bits per heavy atom. The zero-order valence-corrected chi connectivity index (χ0v) is 16.3. The summed E-state index contributed by atoms with van der Waals surface area (Å²) in [6, 6.07) is 5.24. The average molecular weight is 365 g/mol. The summed E-state index contributed by atoms with van der Waals surface area (Å²) in [5.41, 5.74) is 2.45. The quantitative estimate of drug-likeness (QED) is 0.715. The summed E-state index contributed by atoms with van der Waals surface area (Å²) < 4.78 is 11.3. The molecular weight excluding hydrogens is 334 g/mol. The molecule has 1 aliphatic heterocycles. The highest BCUT2D eigenvalue weighted by atomic mass is 16.7. The average Bonchev–Trinajstić information content (AvgIpc) is 3.05. The molecule has 0 bridgehead atoms.